The van der Waals surface area contributed by atoms with E-state index in [2.05, 4.69) is 21.0 Å². The van der Waals surface area contributed by atoms with E-state index in [1.807, 2.05) is 124 Å². The lowest BCUT2D eigenvalue weighted by atomic mass is 9.95. The molecule has 4 aromatic carbocycles. The van der Waals surface area contributed by atoms with Crippen molar-refractivity contribution in [3.63, 3.8) is 0 Å². The number of fused-ring (bicyclic) bond motifs is 2. The number of para-hydroxylation sites is 1. The maximum absolute atomic E-state index is 14.7. The summed E-state index contributed by atoms with van der Waals surface area (Å²) < 4.78 is 11.0. The van der Waals surface area contributed by atoms with Crippen LogP contribution in [0.5, 0.6) is 11.5 Å². The molecule has 5 amide bonds. The zero-order valence-corrected chi connectivity index (χ0v) is 37.4. The molecule has 1 aromatic heterocycles. The highest BCUT2D eigenvalue weighted by molar-refractivity contribution is 5.89. The summed E-state index contributed by atoms with van der Waals surface area (Å²) in [5, 5.41) is 29.9. The Morgan fingerprint density at radius 3 is 2.25 bits per heavy atom. The molecule has 1 saturated heterocycles. The number of benzene rings is 4. The fraction of sp³-hybridized carbons (Fsp3) is 0.380. The van der Waals surface area contributed by atoms with Crippen LogP contribution in [0.4, 0.5) is 9.59 Å². The van der Waals surface area contributed by atoms with Gasteiger partial charge in [-0.05, 0) is 70.3 Å². The van der Waals surface area contributed by atoms with Crippen LogP contribution in [0.25, 0.3) is 22.0 Å². The molecule has 7 rings (SSSR count). The molecule has 5 N–H and O–H groups in total. The van der Waals surface area contributed by atoms with Gasteiger partial charge in [0.2, 0.25) is 12.7 Å². The van der Waals surface area contributed by atoms with Gasteiger partial charge in [0, 0.05) is 44.3 Å². The first-order chi connectivity index (χ1) is 31.4. The number of nitrogens with zero attached hydrogens (tertiary/aromatic N) is 4. The predicted octanol–water partition coefficient (Wildman–Crippen LogP) is 6.59. The average Bonchev–Trinajstić information content (AvgIpc) is 3.93. The number of ether oxygens (including phenoxy) is 2. The molecule has 15 heteroatoms. The normalized spacial score (nSPS) is 16.2. The molecule has 3 heterocycles. The van der Waals surface area contributed by atoms with Crippen LogP contribution in [0.3, 0.4) is 0 Å². The lowest BCUT2D eigenvalue weighted by molar-refractivity contribution is -0.132. The molecule has 0 aliphatic carbocycles. The van der Waals surface area contributed by atoms with Crippen molar-refractivity contribution in [2.45, 2.75) is 84.3 Å². The van der Waals surface area contributed by atoms with Crippen LogP contribution in [-0.2, 0) is 29.1 Å². The molecule has 5 aromatic rings. The van der Waals surface area contributed by atoms with Crippen LogP contribution in [0, 0.1) is 11.8 Å². The first kappa shape index (κ1) is 46.3. The van der Waals surface area contributed by atoms with Crippen molar-refractivity contribution in [1.82, 2.24) is 35.9 Å². The summed E-state index contributed by atoms with van der Waals surface area (Å²) in [6.07, 6.45) is 0.567. The molecular formula is C50H59N7O8. The maximum Gasteiger partial charge on any atom is 0.405 e. The number of aliphatic hydroxyl groups excluding tert-OH is 1. The quantitative estimate of drug-likeness (QED) is 0.0535. The van der Waals surface area contributed by atoms with Gasteiger partial charge >= 0.3 is 12.1 Å². The first-order valence-electron chi connectivity index (χ1n) is 22.4. The van der Waals surface area contributed by atoms with E-state index in [1.165, 1.54) is 0 Å². The van der Waals surface area contributed by atoms with Crippen molar-refractivity contribution in [2.75, 3.05) is 26.4 Å². The van der Waals surface area contributed by atoms with E-state index in [9.17, 15) is 29.4 Å². The van der Waals surface area contributed by atoms with Gasteiger partial charge in [-0.15, -0.1) is 0 Å². The van der Waals surface area contributed by atoms with E-state index < -0.39 is 36.2 Å². The highest BCUT2D eigenvalue weighted by Gasteiger charge is 2.41. The molecule has 0 bridgehead atoms. The first-order valence-corrected chi connectivity index (χ1v) is 22.4. The van der Waals surface area contributed by atoms with E-state index in [0.29, 0.717) is 44.0 Å². The number of aliphatic hydroxyl groups is 1. The Balaban J connectivity index is 1.12. The number of carbonyl (C=O) groups is 4. The molecule has 1 fully saturated rings. The Kier molecular flexibility index (Phi) is 15.2. The minimum atomic E-state index is -1.33. The molecule has 0 saturated carbocycles. The number of hydrogen-bond acceptors (Lipinski definition) is 9. The number of hydrazine groups is 1. The molecule has 0 radical (unpaired) electrons. The third kappa shape index (κ3) is 11.3. The van der Waals surface area contributed by atoms with Crippen LogP contribution in [-0.4, -0.2) is 105 Å². The lowest BCUT2D eigenvalue weighted by Gasteiger charge is -2.35. The predicted molar refractivity (Wildman–Crippen MR) is 247 cm³/mol. The summed E-state index contributed by atoms with van der Waals surface area (Å²) in [5.74, 6) is -0.177. The van der Waals surface area contributed by atoms with Crippen molar-refractivity contribution in [2.24, 2.45) is 11.8 Å². The molecule has 15 nitrogen and oxygen atoms in total. The topological polar surface area (TPSA) is 186 Å². The smallest absolute Gasteiger partial charge is 0.405 e. The molecule has 65 heavy (non-hydrogen) atoms. The fourth-order valence-corrected chi connectivity index (χ4v) is 8.52. The summed E-state index contributed by atoms with van der Waals surface area (Å²) in [7, 11) is 0. The Morgan fingerprint density at radius 1 is 0.800 bits per heavy atom. The van der Waals surface area contributed by atoms with Gasteiger partial charge in [-0.1, -0.05) is 119 Å². The number of hydrogen-bond donors (Lipinski definition) is 5. The molecular weight excluding hydrogens is 827 g/mol. The van der Waals surface area contributed by atoms with Gasteiger partial charge in [0.05, 0.1) is 17.7 Å². The number of aromatic nitrogens is 1. The maximum atomic E-state index is 14.7. The molecule has 6 atom stereocenters. The zero-order valence-electron chi connectivity index (χ0n) is 37.4. The Bertz CT molecular complexity index is 2430. The van der Waals surface area contributed by atoms with E-state index in [4.69, 9.17) is 9.47 Å². The molecule has 342 valence electrons. The van der Waals surface area contributed by atoms with Gasteiger partial charge in [0.15, 0.2) is 11.5 Å². The van der Waals surface area contributed by atoms with Crippen LogP contribution in [0.1, 0.15) is 57.2 Å². The van der Waals surface area contributed by atoms with Gasteiger partial charge in [-0.3, -0.25) is 20.0 Å². The van der Waals surface area contributed by atoms with E-state index >= 15 is 0 Å². The lowest BCUT2D eigenvalue weighted by Crippen LogP contribution is -2.59. The molecule has 2 aliphatic rings. The largest absolute Gasteiger partial charge is 0.465 e. The van der Waals surface area contributed by atoms with Crippen molar-refractivity contribution < 1.29 is 38.9 Å². The Morgan fingerprint density at radius 2 is 1.51 bits per heavy atom. The number of carboxylic acid groups (broad SMARTS) is 1. The van der Waals surface area contributed by atoms with Gasteiger partial charge in [0.1, 0.15) is 12.1 Å². The third-order valence-electron chi connectivity index (χ3n) is 12.6. The van der Waals surface area contributed by atoms with Crippen molar-refractivity contribution in [1.29, 1.82) is 0 Å². The molecule has 0 unspecified atom stereocenters. The van der Waals surface area contributed by atoms with Crippen LogP contribution in [0.15, 0.2) is 109 Å². The monoisotopic (exact) mass is 885 g/mol. The van der Waals surface area contributed by atoms with Crippen molar-refractivity contribution in [3.8, 4) is 22.6 Å². The van der Waals surface area contributed by atoms with E-state index in [1.54, 1.807) is 27.9 Å². The van der Waals surface area contributed by atoms with Gasteiger partial charge in [-0.25, -0.2) is 14.6 Å². The summed E-state index contributed by atoms with van der Waals surface area (Å²) in [6.45, 7) is 8.92. The van der Waals surface area contributed by atoms with E-state index in [0.717, 1.165) is 38.7 Å². The van der Waals surface area contributed by atoms with Gasteiger partial charge in [-0.2, -0.15) is 0 Å². The standard InChI is InChI=1S/C50H59N7O8/c1-5-32(3)45(53-49(61)62)47(59)54-56(28-35-16-18-36(19-17-35)37-20-21-43-44(27-37)65-31-64-43)30-42(58)41(26-34-12-8-7-9-13-34)52-48(60)46(33(4)6-2)57-25-24-55(50(57)63)29-38-22-23-51-40-15-11-10-14-39(38)40/h7-23,27,32-33,41-42,45-46,53,58H,5-6,24-26,28-31H2,1-4H3,(H,52,60)(H,54,59)(H,61,62)/t32-,33-,41-,42-,45-,46-/m0/s1. The number of amides is 5. The van der Waals surface area contributed by atoms with Crippen molar-refractivity contribution >= 4 is 34.8 Å². The summed E-state index contributed by atoms with van der Waals surface area (Å²) in [5.41, 5.74) is 8.23. The minimum absolute atomic E-state index is 0.136. The van der Waals surface area contributed by atoms with E-state index in [-0.39, 0.29) is 50.1 Å². The SMILES string of the molecule is CC[C@H](C)[C@H](NC(=O)O)C(=O)NN(Cc1ccc(-c2ccc3c(c2)OCO3)cc1)C[C@H](O)[C@H](Cc1ccccc1)NC(=O)[C@H]([C@@H](C)CC)N1CCN(Cc2ccnc3ccccc23)C1=O. The number of carbonyl (C=O) groups excluding carboxylic acids is 3. The van der Waals surface area contributed by atoms with Crippen LogP contribution >= 0.6 is 0 Å². The second-order valence-electron chi connectivity index (χ2n) is 17.0. The second-order valence-corrected chi connectivity index (χ2v) is 17.0. The fourth-order valence-electron chi connectivity index (χ4n) is 8.52. The second kappa shape index (κ2) is 21.3. The minimum Gasteiger partial charge on any atom is -0.465 e. The average molecular weight is 886 g/mol. The molecule has 2 aliphatic heterocycles. The van der Waals surface area contributed by atoms with Crippen LogP contribution < -0.4 is 25.5 Å². The zero-order chi connectivity index (χ0) is 46.0. The number of urea groups is 1. The summed E-state index contributed by atoms with van der Waals surface area (Å²) in [4.78, 5) is 62.5. The highest BCUT2D eigenvalue weighted by Crippen LogP contribution is 2.36. The Hall–Kier alpha value is -6.71. The van der Waals surface area contributed by atoms with Gasteiger partial charge in [0.25, 0.3) is 5.91 Å². The third-order valence-corrected chi connectivity index (χ3v) is 12.6. The van der Waals surface area contributed by atoms with Gasteiger partial charge < -0.3 is 40.1 Å². The number of nitrogens with one attached hydrogen (secondary N) is 3. The number of rotatable bonds is 20. The Labute approximate surface area is 379 Å². The summed E-state index contributed by atoms with van der Waals surface area (Å²) >= 11 is 0. The molecule has 0 spiro atoms. The highest BCUT2D eigenvalue weighted by atomic mass is 16.7. The van der Waals surface area contributed by atoms with Crippen molar-refractivity contribution in [3.05, 3.63) is 126 Å². The van der Waals surface area contributed by atoms with Crippen LogP contribution in [0.2, 0.25) is 0 Å². The number of pyridine rings is 1. The summed E-state index contributed by atoms with van der Waals surface area (Å²) in [6, 6.07) is 29.7.